The van der Waals surface area contributed by atoms with Gasteiger partial charge in [-0.05, 0) is 35.9 Å². The topological polar surface area (TPSA) is 63.2 Å². The predicted octanol–water partition coefficient (Wildman–Crippen LogP) is 6.44. The lowest BCUT2D eigenvalue weighted by Gasteiger charge is -2.36. The molecule has 0 saturated carbocycles. The lowest BCUT2D eigenvalue weighted by atomic mass is 9.80. The van der Waals surface area contributed by atoms with Crippen LogP contribution in [0.4, 0.5) is 18.3 Å². The molecular formula is C23H18F3N3O2S3. The first kappa shape index (κ1) is 23.3. The number of anilines is 1. The van der Waals surface area contributed by atoms with E-state index >= 15 is 0 Å². The second-order valence-corrected chi connectivity index (χ2v) is 11.1. The highest BCUT2D eigenvalue weighted by Crippen LogP contribution is 2.45. The number of nitrogens with zero attached hydrogens (tertiary/aromatic N) is 3. The summed E-state index contributed by atoms with van der Waals surface area (Å²) in [6, 6.07) is 9.06. The van der Waals surface area contributed by atoms with Gasteiger partial charge in [0.1, 0.15) is 0 Å². The summed E-state index contributed by atoms with van der Waals surface area (Å²) < 4.78 is 39.4. The Balaban J connectivity index is 1.39. The summed E-state index contributed by atoms with van der Waals surface area (Å²) in [6.45, 7) is 0. The van der Waals surface area contributed by atoms with Crippen molar-refractivity contribution < 1.29 is 22.8 Å². The Kier molecular flexibility index (Phi) is 6.34. The molecule has 1 aromatic carbocycles. The third kappa shape index (κ3) is 4.56. The minimum absolute atomic E-state index is 0.0702. The van der Waals surface area contributed by atoms with Crippen LogP contribution in [0.5, 0.6) is 0 Å². The van der Waals surface area contributed by atoms with Gasteiger partial charge in [-0.1, -0.05) is 47.4 Å². The maximum absolute atomic E-state index is 13.2. The van der Waals surface area contributed by atoms with E-state index < -0.39 is 11.7 Å². The maximum atomic E-state index is 13.2. The zero-order chi connectivity index (χ0) is 23.9. The van der Waals surface area contributed by atoms with Crippen molar-refractivity contribution in [3.05, 3.63) is 69.1 Å². The molecule has 1 atom stereocenters. The van der Waals surface area contributed by atoms with Gasteiger partial charge < -0.3 is 0 Å². The Morgan fingerprint density at radius 2 is 1.97 bits per heavy atom. The van der Waals surface area contributed by atoms with Crippen molar-refractivity contribution in [2.24, 2.45) is 0 Å². The number of rotatable bonds is 5. The Morgan fingerprint density at radius 1 is 1.12 bits per heavy atom. The molecular weight excluding hydrogens is 503 g/mol. The van der Waals surface area contributed by atoms with Crippen LogP contribution in [-0.2, 0) is 21.5 Å². The molecule has 1 amide bonds. The van der Waals surface area contributed by atoms with Gasteiger partial charge in [-0.25, -0.2) is 0 Å². The molecule has 3 heterocycles. The van der Waals surface area contributed by atoms with Crippen LogP contribution in [0, 0.1) is 0 Å². The first-order chi connectivity index (χ1) is 16.3. The number of ketones is 1. The quantitative estimate of drug-likeness (QED) is 0.286. The average molecular weight is 522 g/mol. The van der Waals surface area contributed by atoms with E-state index in [-0.39, 0.29) is 24.0 Å². The monoisotopic (exact) mass is 521 g/mol. The number of alkyl halides is 3. The lowest BCUT2D eigenvalue weighted by molar-refractivity contribution is -0.137. The summed E-state index contributed by atoms with van der Waals surface area (Å²) >= 11 is 4.02. The molecule has 1 aliphatic carbocycles. The summed E-state index contributed by atoms with van der Waals surface area (Å²) in [5.74, 6) is 0.00630. The van der Waals surface area contributed by atoms with Crippen LogP contribution in [0.15, 0.2) is 57.4 Å². The molecule has 0 radical (unpaired) electrons. The van der Waals surface area contributed by atoms with Crippen LogP contribution >= 0.6 is 34.4 Å². The van der Waals surface area contributed by atoms with Crippen LogP contribution in [0.3, 0.4) is 0 Å². The predicted molar refractivity (Wildman–Crippen MR) is 126 cm³/mol. The average Bonchev–Trinajstić information content (AvgIpc) is 3.49. The fraction of sp³-hybridized carbons (Fsp3) is 0.304. The molecule has 1 unspecified atom stereocenters. The standard InChI is InChI=1S/C23H18F3N3O2S3/c24-23(25,26)14-5-1-4-13(10-14)12-33-22-28-27-21(34-22)29-16-6-2-7-17(30)20(16)15(11-19(29)31)18-8-3-9-32-18/h1,3-5,8-10,15H,2,6-7,11-12H2. The molecule has 3 aromatic rings. The maximum Gasteiger partial charge on any atom is 0.416 e. The van der Waals surface area contributed by atoms with Crippen molar-refractivity contribution >= 4 is 51.3 Å². The molecule has 0 spiro atoms. The smallest absolute Gasteiger partial charge is 0.294 e. The van der Waals surface area contributed by atoms with E-state index in [2.05, 4.69) is 10.2 Å². The van der Waals surface area contributed by atoms with Crippen molar-refractivity contribution in [3.8, 4) is 0 Å². The largest absolute Gasteiger partial charge is 0.416 e. The summed E-state index contributed by atoms with van der Waals surface area (Å²) in [6.07, 6.45) is -2.45. The van der Waals surface area contributed by atoms with Crippen molar-refractivity contribution in [3.63, 3.8) is 0 Å². The Morgan fingerprint density at radius 3 is 2.74 bits per heavy atom. The number of carbonyl (C=O) groups is 2. The fourth-order valence-electron chi connectivity index (χ4n) is 4.28. The van der Waals surface area contributed by atoms with E-state index in [1.54, 1.807) is 17.4 Å². The van der Waals surface area contributed by atoms with E-state index in [0.29, 0.717) is 51.3 Å². The van der Waals surface area contributed by atoms with Gasteiger partial charge in [-0.15, -0.1) is 21.5 Å². The van der Waals surface area contributed by atoms with Crippen LogP contribution in [0.1, 0.15) is 47.6 Å². The molecule has 5 rings (SSSR count). The molecule has 1 aliphatic heterocycles. The van der Waals surface area contributed by atoms with E-state index in [0.717, 1.165) is 17.0 Å². The number of thioether (sulfide) groups is 1. The van der Waals surface area contributed by atoms with Gasteiger partial charge in [-0.2, -0.15) is 13.2 Å². The first-order valence-electron chi connectivity index (χ1n) is 10.6. The summed E-state index contributed by atoms with van der Waals surface area (Å²) in [7, 11) is 0. The molecule has 5 nitrogen and oxygen atoms in total. The third-order valence-electron chi connectivity index (χ3n) is 5.77. The fourth-order valence-corrected chi connectivity index (χ4v) is 6.95. The minimum atomic E-state index is -4.39. The van der Waals surface area contributed by atoms with E-state index in [9.17, 15) is 22.8 Å². The van der Waals surface area contributed by atoms with Crippen molar-refractivity contribution in [1.82, 2.24) is 10.2 Å². The van der Waals surface area contributed by atoms with E-state index in [1.165, 1.54) is 34.1 Å². The lowest BCUT2D eigenvalue weighted by Crippen LogP contribution is -2.40. The second kappa shape index (κ2) is 9.27. The molecule has 11 heteroatoms. The van der Waals surface area contributed by atoms with Crippen molar-refractivity contribution in [2.45, 2.75) is 47.9 Å². The Hall–Kier alpha value is -2.50. The number of Topliss-reactive ketones (excluding diaryl/α,β-unsaturated/α-hetero) is 1. The summed E-state index contributed by atoms with van der Waals surface area (Å²) in [5.41, 5.74) is 1.23. The van der Waals surface area contributed by atoms with Gasteiger partial charge in [-0.3, -0.25) is 14.5 Å². The SMILES string of the molecule is O=C1CCCC2=C1C(c1cccs1)CC(=O)N2c1nnc(SCc2cccc(C(F)(F)F)c2)s1. The number of hydrogen-bond acceptors (Lipinski definition) is 7. The van der Waals surface area contributed by atoms with Crippen LogP contribution in [0.2, 0.25) is 0 Å². The summed E-state index contributed by atoms with van der Waals surface area (Å²) in [5, 5.41) is 10.7. The number of carbonyl (C=O) groups excluding carboxylic acids is 2. The molecule has 0 fully saturated rings. The number of benzene rings is 1. The van der Waals surface area contributed by atoms with E-state index in [4.69, 9.17) is 0 Å². The molecule has 0 bridgehead atoms. The number of amides is 1. The van der Waals surface area contributed by atoms with Gasteiger partial charge in [0.25, 0.3) is 0 Å². The van der Waals surface area contributed by atoms with Crippen LogP contribution in [-0.4, -0.2) is 21.9 Å². The number of hydrogen-bond donors (Lipinski definition) is 0. The van der Waals surface area contributed by atoms with Gasteiger partial charge >= 0.3 is 6.18 Å². The number of thiophene rings is 1. The molecule has 0 saturated heterocycles. The minimum Gasteiger partial charge on any atom is -0.294 e. The molecule has 2 aromatic heterocycles. The highest BCUT2D eigenvalue weighted by molar-refractivity contribution is 8.00. The molecule has 0 N–H and O–H groups in total. The highest BCUT2D eigenvalue weighted by atomic mass is 32.2. The molecule has 2 aliphatic rings. The van der Waals surface area contributed by atoms with Gasteiger partial charge in [0.15, 0.2) is 10.1 Å². The third-order valence-corrected chi connectivity index (χ3v) is 8.86. The van der Waals surface area contributed by atoms with Crippen molar-refractivity contribution in [1.29, 1.82) is 0 Å². The van der Waals surface area contributed by atoms with Crippen LogP contribution in [0.25, 0.3) is 0 Å². The summed E-state index contributed by atoms with van der Waals surface area (Å²) in [4.78, 5) is 28.6. The van der Waals surface area contributed by atoms with Gasteiger partial charge in [0.2, 0.25) is 11.0 Å². The second-order valence-electron chi connectivity index (χ2n) is 7.98. The molecule has 34 heavy (non-hydrogen) atoms. The normalized spacial score (nSPS) is 19.0. The number of aromatic nitrogens is 2. The zero-order valence-corrected chi connectivity index (χ0v) is 20.1. The Labute approximate surface area is 205 Å². The van der Waals surface area contributed by atoms with Crippen LogP contribution < -0.4 is 4.90 Å². The van der Waals surface area contributed by atoms with Gasteiger partial charge in [0, 0.05) is 40.7 Å². The zero-order valence-electron chi connectivity index (χ0n) is 17.7. The Bertz CT molecular complexity index is 1270. The number of allylic oxidation sites excluding steroid dienone is 2. The van der Waals surface area contributed by atoms with Gasteiger partial charge in [0.05, 0.1) is 5.56 Å². The molecule has 176 valence electrons. The van der Waals surface area contributed by atoms with Crippen molar-refractivity contribution in [2.75, 3.05) is 4.90 Å². The first-order valence-corrected chi connectivity index (χ1v) is 13.2. The number of halogens is 3. The highest BCUT2D eigenvalue weighted by Gasteiger charge is 2.41. The van der Waals surface area contributed by atoms with E-state index in [1.807, 2.05) is 17.5 Å².